The molecule has 0 amide bonds. The SMILES string of the molecule is [O-]/[N+](=N\OCc1c2ccccc2cc2ccccc12)c1ccccc1. The average molecular weight is 328 g/mol. The van der Waals surface area contributed by atoms with E-state index in [4.69, 9.17) is 4.84 Å². The van der Waals surface area contributed by atoms with E-state index >= 15 is 0 Å². The van der Waals surface area contributed by atoms with E-state index in [2.05, 4.69) is 35.6 Å². The van der Waals surface area contributed by atoms with E-state index in [1.54, 1.807) is 24.3 Å². The van der Waals surface area contributed by atoms with Gasteiger partial charge in [0.15, 0.2) is 0 Å². The van der Waals surface area contributed by atoms with Gasteiger partial charge in [-0.25, -0.2) is 0 Å². The standard InChI is InChI=1S/C21H16N2O2/c24-23(18-10-2-1-3-11-18)22-25-15-21-19-12-6-4-8-16(19)14-17-9-5-7-13-20(17)21/h1-14H,15H2/b23-22-. The number of para-hydroxylation sites is 1. The van der Waals surface area contributed by atoms with E-state index in [9.17, 15) is 5.21 Å². The first kappa shape index (κ1) is 15.1. The van der Waals surface area contributed by atoms with Crippen LogP contribution in [0.1, 0.15) is 5.56 Å². The molecular weight excluding hydrogens is 312 g/mol. The van der Waals surface area contributed by atoms with Crippen molar-refractivity contribution in [3.63, 3.8) is 0 Å². The fraction of sp³-hybridized carbons (Fsp3) is 0.0476. The maximum absolute atomic E-state index is 12.0. The van der Waals surface area contributed by atoms with Crippen LogP contribution in [0.3, 0.4) is 0 Å². The second kappa shape index (κ2) is 6.61. The van der Waals surface area contributed by atoms with Gasteiger partial charge in [-0.2, -0.15) is 0 Å². The van der Waals surface area contributed by atoms with Gasteiger partial charge in [-0.15, -0.1) is 0 Å². The lowest BCUT2D eigenvalue weighted by molar-refractivity contribution is -0.480. The summed E-state index contributed by atoms with van der Waals surface area (Å²) in [6.45, 7) is 0.230. The molecule has 122 valence electrons. The largest absolute Gasteiger partial charge is 0.592 e. The van der Waals surface area contributed by atoms with Crippen molar-refractivity contribution in [3.8, 4) is 0 Å². The lowest BCUT2D eigenvalue weighted by Crippen LogP contribution is -1.96. The first-order valence-electron chi connectivity index (χ1n) is 8.07. The van der Waals surface area contributed by atoms with Gasteiger partial charge in [-0.3, -0.25) is 0 Å². The Hall–Kier alpha value is -3.40. The van der Waals surface area contributed by atoms with Crippen LogP contribution >= 0.6 is 0 Å². The van der Waals surface area contributed by atoms with Gasteiger partial charge in [0.05, 0.1) is 0 Å². The molecule has 0 heterocycles. The first-order chi connectivity index (χ1) is 12.3. The summed E-state index contributed by atoms with van der Waals surface area (Å²) in [6.07, 6.45) is 0. The second-order valence-corrected chi connectivity index (χ2v) is 5.76. The highest BCUT2D eigenvalue weighted by Crippen LogP contribution is 2.29. The third-order valence-electron chi connectivity index (χ3n) is 4.20. The van der Waals surface area contributed by atoms with Gasteiger partial charge in [0.25, 0.3) is 0 Å². The van der Waals surface area contributed by atoms with Gasteiger partial charge in [-0.05, 0) is 32.5 Å². The minimum absolute atomic E-state index is 0.230. The fourth-order valence-corrected chi connectivity index (χ4v) is 3.01. The van der Waals surface area contributed by atoms with E-state index in [0.717, 1.165) is 27.1 Å². The summed E-state index contributed by atoms with van der Waals surface area (Å²) in [5, 5.41) is 20.2. The first-order valence-corrected chi connectivity index (χ1v) is 8.07. The van der Waals surface area contributed by atoms with Crippen LogP contribution in [-0.2, 0) is 11.4 Å². The lowest BCUT2D eigenvalue weighted by atomic mass is 9.97. The predicted octanol–water partition coefficient (Wildman–Crippen LogP) is 5.72. The molecule has 0 aromatic heterocycles. The van der Waals surface area contributed by atoms with E-state index in [0.29, 0.717) is 10.5 Å². The normalized spacial score (nSPS) is 11.8. The summed E-state index contributed by atoms with van der Waals surface area (Å²) < 4.78 is 0. The molecule has 0 aliphatic carbocycles. The van der Waals surface area contributed by atoms with Gasteiger partial charge in [0.2, 0.25) is 11.0 Å². The molecule has 25 heavy (non-hydrogen) atoms. The maximum atomic E-state index is 12.0. The monoisotopic (exact) mass is 328 g/mol. The van der Waals surface area contributed by atoms with Crippen LogP contribution in [0.2, 0.25) is 0 Å². The summed E-state index contributed by atoms with van der Waals surface area (Å²) in [4.78, 5) is 5.88. The molecule has 4 nitrogen and oxygen atoms in total. The zero-order chi connectivity index (χ0) is 17.1. The highest BCUT2D eigenvalue weighted by Gasteiger charge is 2.09. The van der Waals surface area contributed by atoms with E-state index in [-0.39, 0.29) is 6.61 Å². The Morgan fingerprint density at radius 1 is 0.760 bits per heavy atom. The van der Waals surface area contributed by atoms with Crippen LogP contribution in [0.15, 0.2) is 90.2 Å². The summed E-state index contributed by atoms with van der Waals surface area (Å²) in [7, 11) is 0. The zero-order valence-electron chi connectivity index (χ0n) is 13.5. The number of benzene rings is 4. The van der Waals surface area contributed by atoms with Crippen molar-refractivity contribution in [2.75, 3.05) is 0 Å². The summed E-state index contributed by atoms with van der Waals surface area (Å²) >= 11 is 0. The summed E-state index contributed by atoms with van der Waals surface area (Å²) in [5.41, 5.74) is 1.46. The molecule has 0 aliphatic heterocycles. The third kappa shape index (κ3) is 3.02. The smallest absolute Gasteiger partial charge is 0.248 e. The van der Waals surface area contributed by atoms with Crippen LogP contribution in [0.5, 0.6) is 0 Å². The molecule has 0 aliphatic rings. The maximum Gasteiger partial charge on any atom is 0.248 e. The predicted molar refractivity (Wildman–Crippen MR) is 98.4 cm³/mol. The Morgan fingerprint density at radius 3 is 1.96 bits per heavy atom. The molecule has 4 rings (SSSR count). The number of hydrogen-bond donors (Lipinski definition) is 0. The van der Waals surface area contributed by atoms with E-state index in [1.807, 2.05) is 30.3 Å². The summed E-state index contributed by atoms with van der Waals surface area (Å²) in [6, 6.07) is 27.3. The van der Waals surface area contributed by atoms with Gasteiger partial charge in [0.1, 0.15) is 6.61 Å². The third-order valence-corrected chi connectivity index (χ3v) is 4.20. The van der Waals surface area contributed by atoms with E-state index in [1.165, 1.54) is 0 Å². The molecule has 0 spiro atoms. The number of fused-ring (bicyclic) bond motifs is 2. The van der Waals surface area contributed by atoms with Crippen LogP contribution in [-0.4, -0.2) is 4.86 Å². The van der Waals surface area contributed by atoms with Crippen LogP contribution in [0.25, 0.3) is 21.5 Å². The molecule has 0 bridgehead atoms. The number of nitrogens with zero attached hydrogens (tertiary/aromatic N) is 2. The van der Waals surface area contributed by atoms with Gasteiger partial charge in [-0.1, -0.05) is 66.7 Å². The molecule has 0 saturated carbocycles. The van der Waals surface area contributed by atoms with Crippen molar-refractivity contribution >= 4 is 27.2 Å². The molecule has 0 radical (unpaired) electrons. The molecule has 4 aromatic rings. The van der Waals surface area contributed by atoms with Gasteiger partial charge < -0.3 is 10.0 Å². The molecule has 0 unspecified atom stereocenters. The van der Waals surface area contributed by atoms with Crippen molar-refractivity contribution in [3.05, 3.63) is 95.7 Å². The molecule has 4 aromatic carbocycles. The molecule has 0 fully saturated rings. The average Bonchev–Trinajstić information content (AvgIpc) is 2.68. The molecule has 0 N–H and O–H groups in total. The quantitative estimate of drug-likeness (QED) is 0.208. The van der Waals surface area contributed by atoms with Crippen molar-refractivity contribution in [1.82, 2.24) is 0 Å². The Balaban J connectivity index is 1.70. The minimum atomic E-state index is 0.230. The Morgan fingerprint density at radius 2 is 1.32 bits per heavy atom. The second-order valence-electron chi connectivity index (χ2n) is 5.76. The highest BCUT2D eigenvalue weighted by atomic mass is 16.7. The Bertz CT molecular complexity index is 1010. The Kier molecular flexibility index (Phi) is 4.01. The molecule has 0 atom stereocenters. The van der Waals surface area contributed by atoms with Crippen LogP contribution < -0.4 is 0 Å². The molecular formula is C21H16N2O2. The van der Waals surface area contributed by atoms with Crippen LogP contribution in [0.4, 0.5) is 5.69 Å². The van der Waals surface area contributed by atoms with Gasteiger partial charge >= 0.3 is 0 Å². The van der Waals surface area contributed by atoms with E-state index < -0.39 is 0 Å². The molecule has 4 heteroatoms. The van der Waals surface area contributed by atoms with Gasteiger partial charge in [0, 0.05) is 17.7 Å². The zero-order valence-corrected chi connectivity index (χ0v) is 13.5. The van der Waals surface area contributed by atoms with Crippen LogP contribution in [0, 0.1) is 5.21 Å². The summed E-state index contributed by atoms with van der Waals surface area (Å²) in [5.74, 6) is 0. The minimum Gasteiger partial charge on any atom is -0.592 e. The Labute approximate surface area is 145 Å². The highest BCUT2D eigenvalue weighted by molar-refractivity contribution is 6.02. The van der Waals surface area contributed by atoms with Crippen molar-refractivity contribution in [2.45, 2.75) is 6.61 Å². The number of hydrogen-bond acceptors (Lipinski definition) is 3. The van der Waals surface area contributed by atoms with Crippen molar-refractivity contribution in [2.24, 2.45) is 5.28 Å². The topological polar surface area (TPSA) is 47.7 Å². The molecule has 0 saturated heterocycles. The fourth-order valence-electron chi connectivity index (χ4n) is 3.01. The lowest BCUT2D eigenvalue weighted by Gasteiger charge is -2.10. The van der Waals surface area contributed by atoms with Crippen molar-refractivity contribution in [1.29, 1.82) is 0 Å². The number of rotatable bonds is 4. The van der Waals surface area contributed by atoms with Crippen molar-refractivity contribution < 1.29 is 9.70 Å².